The first kappa shape index (κ1) is 10.6. The monoisotopic (exact) mass is 226 g/mol. The molecule has 4 nitrogen and oxygen atoms in total. The molecule has 0 atom stereocenters. The van der Waals surface area contributed by atoms with E-state index in [0.717, 1.165) is 5.69 Å². The predicted octanol–water partition coefficient (Wildman–Crippen LogP) is 1.93. The zero-order valence-electron chi connectivity index (χ0n) is 9.22. The quantitative estimate of drug-likeness (QED) is 0.665. The summed E-state index contributed by atoms with van der Waals surface area (Å²) in [5, 5.41) is 0. The molecule has 5 heteroatoms. The molecular weight excluding hydrogens is 212 g/mol. The van der Waals surface area contributed by atoms with Gasteiger partial charge >= 0.3 is 0 Å². The third kappa shape index (κ3) is 1.46. The van der Waals surface area contributed by atoms with Crippen molar-refractivity contribution in [3.63, 3.8) is 0 Å². The molecule has 2 N–H and O–H groups in total. The number of hydrogen-bond acceptors (Lipinski definition) is 3. The first-order chi connectivity index (χ1) is 6.74. The molecular formula is C10H14N2O2S. The Balaban J connectivity index is 2.88. The van der Waals surface area contributed by atoms with Crippen LogP contribution < -0.4 is 5.56 Å². The Labute approximate surface area is 92.7 Å². The summed E-state index contributed by atoms with van der Waals surface area (Å²) < 4.78 is 6.19. The van der Waals surface area contributed by atoms with Gasteiger partial charge in [0.1, 0.15) is 5.60 Å². The van der Waals surface area contributed by atoms with E-state index < -0.39 is 11.2 Å². The second-order valence-electron chi connectivity index (χ2n) is 4.78. The Morgan fingerprint density at radius 3 is 2.33 bits per heavy atom. The molecule has 0 saturated carbocycles. The van der Waals surface area contributed by atoms with Crippen LogP contribution in [0.3, 0.4) is 0 Å². The summed E-state index contributed by atoms with van der Waals surface area (Å²) in [7, 11) is 0. The number of rotatable bonds is 0. The molecule has 0 radical (unpaired) electrons. The van der Waals surface area contributed by atoms with Crippen molar-refractivity contribution in [1.29, 1.82) is 0 Å². The van der Waals surface area contributed by atoms with E-state index in [9.17, 15) is 4.79 Å². The van der Waals surface area contributed by atoms with Gasteiger partial charge in [-0.1, -0.05) is 0 Å². The van der Waals surface area contributed by atoms with Gasteiger partial charge in [0.15, 0.2) is 4.77 Å². The highest BCUT2D eigenvalue weighted by molar-refractivity contribution is 7.71. The standard InChI is InChI=1S/C10H14N2O2S/c1-9(2)5-6(10(3,4)14-9)11-8(15)12-7(5)13/h1-4H3,(H2,11,12,13,15). The van der Waals surface area contributed by atoms with Crippen LogP contribution in [-0.2, 0) is 15.9 Å². The molecule has 15 heavy (non-hydrogen) atoms. The summed E-state index contributed by atoms with van der Waals surface area (Å²) >= 11 is 4.95. The number of ether oxygens (including phenoxy) is 1. The van der Waals surface area contributed by atoms with Gasteiger partial charge in [-0.3, -0.25) is 9.78 Å². The lowest BCUT2D eigenvalue weighted by Gasteiger charge is -2.23. The molecule has 1 aliphatic heterocycles. The second-order valence-corrected chi connectivity index (χ2v) is 5.19. The van der Waals surface area contributed by atoms with Crippen molar-refractivity contribution in [2.24, 2.45) is 0 Å². The number of aromatic amines is 2. The number of H-pyrrole nitrogens is 2. The number of fused-ring (bicyclic) bond motifs is 1. The van der Waals surface area contributed by atoms with Gasteiger partial charge in [-0.05, 0) is 39.9 Å². The van der Waals surface area contributed by atoms with Gasteiger partial charge in [-0.25, -0.2) is 0 Å². The Bertz CT molecular complexity index is 525. The summed E-state index contributed by atoms with van der Waals surface area (Å²) in [5.41, 5.74) is 0.179. The SMILES string of the molecule is CC1(C)OC(C)(C)c2c1[nH]c(=S)[nH]c2=O. The van der Waals surface area contributed by atoms with Crippen LogP contribution in [0.1, 0.15) is 39.0 Å². The average molecular weight is 226 g/mol. The van der Waals surface area contributed by atoms with Crippen molar-refractivity contribution in [1.82, 2.24) is 9.97 Å². The number of nitrogens with one attached hydrogen (secondary N) is 2. The van der Waals surface area contributed by atoms with Crippen LogP contribution in [0.4, 0.5) is 0 Å². The Kier molecular flexibility index (Phi) is 1.97. The van der Waals surface area contributed by atoms with Gasteiger partial charge in [-0.15, -0.1) is 0 Å². The van der Waals surface area contributed by atoms with Crippen molar-refractivity contribution < 1.29 is 4.74 Å². The van der Waals surface area contributed by atoms with Crippen LogP contribution in [0.2, 0.25) is 0 Å². The van der Waals surface area contributed by atoms with Gasteiger partial charge in [0, 0.05) is 0 Å². The van der Waals surface area contributed by atoms with Crippen LogP contribution in [0.15, 0.2) is 4.79 Å². The predicted molar refractivity (Wildman–Crippen MR) is 59.4 cm³/mol. The molecule has 0 saturated heterocycles. The summed E-state index contributed by atoms with van der Waals surface area (Å²) in [6.07, 6.45) is 0. The van der Waals surface area contributed by atoms with Crippen LogP contribution in [0.5, 0.6) is 0 Å². The van der Waals surface area contributed by atoms with Gasteiger partial charge in [-0.2, -0.15) is 0 Å². The van der Waals surface area contributed by atoms with Crippen molar-refractivity contribution in [3.05, 3.63) is 26.4 Å². The Morgan fingerprint density at radius 2 is 1.73 bits per heavy atom. The molecule has 2 heterocycles. The van der Waals surface area contributed by atoms with Gasteiger partial charge < -0.3 is 9.72 Å². The largest absolute Gasteiger partial charge is 0.358 e. The first-order valence-corrected chi connectivity index (χ1v) is 5.22. The molecule has 1 aliphatic rings. The fourth-order valence-electron chi connectivity index (χ4n) is 2.25. The number of hydrogen-bond donors (Lipinski definition) is 2. The zero-order valence-corrected chi connectivity index (χ0v) is 10.0. The van der Waals surface area contributed by atoms with Crippen molar-refractivity contribution in [3.8, 4) is 0 Å². The van der Waals surface area contributed by atoms with E-state index in [1.807, 2.05) is 27.7 Å². The number of aromatic nitrogens is 2. The minimum absolute atomic E-state index is 0.163. The van der Waals surface area contributed by atoms with Crippen molar-refractivity contribution in [2.75, 3.05) is 0 Å². The molecule has 82 valence electrons. The molecule has 0 bridgehead atoms. The van der Waals surface area contributed by atoms with Crippen LogP contribution in [-0.4, -0.2) is 9.97 Å². The van der Waals surface area contributed by atoms with Crippen LogP contribution >= 0.6 is 12.2 Å². The molecule has 2 rings (SSSR count). The highest BCUT2D eigenvalue weighted by atomic mass is 32.1. The van der Waals surface area contributed by atoms with E-state index >= 15 is 0 Å². The van der Waals surface area contributed by atoms with Crippen molar-refractivity contribution in [2.45, 2.75) is 38.9 Å². The van der Waals surface area contributed by atoms with E-state index in [-0.39, 0.29) is 5.56 Å². The highest BCUT2D eigenvalue weighted by Crippen LogP contribution is 2.43. The smallest absolute Gasteiger partial charge is 0.258 e. The van der Waals surface area contributed by atoms with Crippen LogP contribution in [0, 0.1) is 4.77 Å². The second kappa shape index (κ2) is 2.80. The normalized spacial score (nSPS) is 21.3. The van der Waals surface area contributed by atoms with E-state index in [4.69, 9.17) is 17.0 Å². The molecule has 0 fully saturated rings. The molecule has 1 aromatic rings. The van der Waals surface area contributed by atoms with Gasteiger partial charge in [0.05, 0.1) is 16.9 Å². The minimum Gasteiger partial charge on any atom is -0.358 e. The molecule has 0 unspecified atom stereocenters. The fourth-order valence-corrected chi connectivity index (χ4v) is 2.45. The summed E-state index contributed by atoms with van der Waals surface area (Å²) in [5.74, 6) is 0. The molecule has 0 aromatic carbocycles. The maximum Gasteiger partial charge on any atom is 0.258 e. The Morgan fingerprint density at radius 1 is 1.13 bits per heavy atom. The summed E-state index contributed by atoms with van der Waals surface area (Å²) in [4.78, 5) is 17.4. The molecule has 0 aliphatic carbocycles. The van der Waals surface area contributed by atoms with Crippen LogP contribution in [0.25, 0.3) is 0 Å². The molecule has 0 amide bonds. The van der Waals surface area contributed by atoms with E-state index in [2.05, 4.69) is 9.97 Å². The van der Waals surface area contributed by atoms with E-state index in [0.29, 0.717) is 10.3 Å². The summed E-state index contributed by atoms with van der Waals surface area (Å²) in [6.45, 7) is 7.61. The zero-order chi connectivity index (χ0) is 11.4. The third-order valence-corrected chi connectivity index (χ3v) is 2.86. The first-order valence-electron chi connectivity index (χ1n) is 4.82. The maximum absolute atomic E-state index is 11.8. The van der Waals surface area contributed by atoms with E-state index in [1.54, 1.807) is 0 Å². The highest BCUT2D eigenvalue weighted by Gasteiger charge is 2.45. The lowest BCUT2D eigenvalue weighted by Crippen LogP contribution is -2.26. The van der Waals surface area contributed by atoms with E-state index in [1.165, 1.54) is 0 Å². The fraction of sp³-hybridized carbons (Fsp3) is 0.600. The van der Waals surface area contributed by atoms with Crippen molar-refractivity contribution >= 4 is 12.2 Å². The third-order valence-electron chi connectivity index (χ3n) is 2.66. The maximum atomic E-state index is 11.8. The molecule has 0 spiro atoms. The lowest BCUT2D eigenvalue weighted by atomic mass is 9.97. The summed E-state index contributed by atoms with van der Waals surface area (Å²) in [6, 6.07) is 0. The lowest BCUT2D eigenvalue weighted by molar-refractivity contribution is -0.106. The average Bonchev–Trinajstić information content (AvgIpc) is 2.15. The molecule has 1 aromatic heterocycles. The minimum atomic E-state index is -0.577. The van der Waals surface area contributed by atoms with Gasteiger partial charge in [0.25, 0.3) is 5.56 Å². The van der Waals surface area contributed by atoms with Gasteiger partial charge in [0.2, 0.25) is 0 Å². The topological polar surface area (TPSA) is 57.9 Å². The Hall–Kier alpha value is -0.940.